The molecule has 2 aliphatic rings. The largest absolute Gasteiger partial charge is 0.417 e. The minimum absolute atomic E-state index is 0.0418. The van der Waals surface area contributed by atoms with Gasteiger partial charge in [0.2, 0.25) is 5.91 Å². The third kappa shape index (κ3) is 5.20. The van der Waals surface area contributed by atoms with Crippen LogP contribution in [0.15, 0.2) is 24.5 Å². The van der Waals surface area contributed by atoms with E-state index < -0.39 is 11.7 Å². The Morgan fingerprint density at radius 1 is 1.03 bits per heavy atom. The van der Waals surface area contributed by atoms with Crippen molar-refractivity contribution in [2.24, 2.45) is 5.92 Å². The number of carbonyl (C=O) groups excluding carboxylic acids is 2. The molecule has 4 rings (SSSR count). The average molecular weight is 464 g/mol. The van der Waals surface area contributed by atoms with Gasteiger partial charge in [-0.1, -0.05) is 19.3 Å². The normalized spacial score (nSPS) is 18.4. The minimum Gasteiger partial charge on any atom is -0.349 e. The molecule has 10 heteroatoms. The highest BCUT2D eigenvalue weighted by molar-refractivity contribution is 5.95. The quantitative estimate of drug-likeness (QED) is 0.746. The zero-order valence-corrected chi connectivity index (χ0v) is 18.6. The Hall–Kier alpha value is -2.91. The predicted octanol–water partition coefficient (Wildman–Crippen LogP) is 3.90. The Balaban J connectivity index is 1.34. The van der Waals surface area contributed by atoms with E-state index in [9.17, 15) is 22.8 Å². The molecule has 2 aromatic heterocycles. The highest BCUT2D eigenvalue weighted by Crippen LogP contribution is 2.29. The van der Waals surface area contributed by atoms with E-state index in [0.717, 1.165) is 37.9 Å². The number of piperidine rings is 1. The number of hydrogen-bond acceptors (Lipinski definition) is 4. The standard InChI is InChI=1S/C23H28F3N5O2/c1-15-19(14-28-31(15)20-8-7-17(13-27-20)23(24,25)26)21(32)29-18-9-11-30(12-10-18)22(33)16-5-3-2-4-6-16/h7-8,13-14,16,18H,2-6,9-12H2,1H3,(H,29,32). The second-order valence-electron chi connectivity index (χ2n) is 8.87. The summed E-state index contributed by atoms with van der Waals surface area (Å²) in [5.74, 6) is 0.314. The lowest BCUT2D eigenvalue weighted by Gasteiger charge is -2.35. The monoisotopic (exact) mass is 463 g/mol. The molecule has 7 nitrogen and oxygen atoms in total. The van der Waals surface area contributed by atoms with E-state index in [1.54, 1.807) is 6.92 Å². The molecule has 2 amide bonds. The molecule has 1 aliphatic carbocycles. The van der Waals surface area contributed by atoms with Crippen molar-refractivity contribution in [2.45, 2.75) is 64.1 Å². The van der Waals surface area contributed by atoms with Crippen LogP contribution in [0.5, 0.6) is 0 Å². The van der Waals surface area contributed by atoms with Gasteiger partial charge in [-0.05, 0) is 44.7 Å². The second kappa shape index (κ2) is 9.52. The average Bonchev–Trinajstić information content (AvgIpc) is 3.20. The smallest absolute Gasteiger partial charge is 0.349 e. The van der Waals surface area contributed by atoms with E-state index in [1.165, 1.54) is 23.4 Å². The minimum atomic E-state index is -4.47. The van der Waals surface area contributed by atoms with Gasteiger partial charge >= 0.3 is 6.18 Å². The van der Waals surface area contributed by atoms with Gasteiger partial charge in [-0.25, -0.2) is 9.67 Å². The second-order valence-corrected chi connectivity index (χ2v) is 8.87. The van der Waals surface area contributed by atoms with Gasteiger partial charge in [-0.3, -0.25) is 9.59 Å². The topological polar surface area (TPSA) is 80.1 Å². The first kappa shape index (κ1) is 23.3. The molecule has 0 radical (unpaired) electrons. The van der Waals surface area contributed by atoms with Crippen molar-refractivity contribution in [3.8, 4) is 5.82 Å². The maximum absolute atomic E-state index is 12.8. The zero-order valence-electron chi connectivity index (χ0n) is 18.6. The van der Waals surface area contributed by atoms with E-state index in [-0.39, 0.29) is 29.6 Å². The lowest BCUT2D eigenvalue weighted by Crippen LogP contribution is -2.48. The molecule has 1 aliphatic heterocycles. The molecule has 2 fully saturated rings. The number of rotatable bonds is 4. The summed E-state index contributed by atoms with van der Waals surface area (Å²) in [6, 6.07) is 2.12. The van der Waals surface area contributed by atoms with Crippen molar-refractivity contribution in [2.75, 3.05) is 13.1 Å². The molecule has 1 N–H and O–H groups in total. The van der Waals surface area contributed by atoms with E-state index in [0.29, 0.717) is 37.2 Å². The number of alkyl halides is 3. The molecule has 0 spiro atoms. The number of nitrogens with one attached hydrogen (secondary N) is 1. The Kier molecular flexibility index (Phi) is 6.71. The number of pyridine rings is 1. The van der Waals surface area contributed by atoms with Gasteiger partial charge in [0, 0.05) is 31.2 Å². The Morgan fingerprint density at radius 2 is 1.73 bits per heavy atom. The first-order valence-corrected chi connectivity index (χ1v) is 11.4. The van der Waals surface area contributed by atoms with Crippen molar-refractivity contribution in [3.05, 3.63) is 41.3 Å². The summed E-state index contributed by atoms with van der Waals surface area (Å²) in [6.07, 6.45) is 4.48. The summed E-state index contributed by atoms with van der Waals surface area (Å²) in [7, 11) is 0. The summed E-state index contributed by atoms with van der Waals surface area (Å²) in [4.78, 5) is 31.3. The van der Waals surface area contributed by atoms with Gasteiger partial charge in [0.25, 0.3) is 5.91 Å². The highest BCUT2D eigenvalue weighted by atomic mass is 19.4. The van der Waals surface area contributed by atoms with Crippen LogP contribution in [-0.4, -0.2) is 50.6 Å². The number of amides is 2. The Labute approximate surface area is 190 Å². The first-order chi connectivity index (χ1) is 15.7. The van der Waals surface area contributed by atoms with Crippen LogP contribution in [0.1, 0.15) is 66.6 Å². The van der Waals surface area contributed by atoms with Crippen LogP contribution < -0.4 is 5.32 Å². The molecule has 0 bridgehead atoms. The van der Waals surface area contributed by atoms with Gasteiger partial charge in [0.15, 0.2) is 5.82 Å². The van der Waals surface area contributed by atoms with E-state index >= 15 is 0 Å². The van der Waals surface area contributed by atoms with E-state index in [2.05, 4.69) is 15.4 Å². The molecule has 33 heavy (non-hydrogen) atoms. The Bertz CT molecular complexity index is 989. The molecular weight excluding hydrogens is 435 g/mol. The van der Waals surface area contributed by atoms with Crippen molar-refractivity contribution in [1.29, 1.82) is 0 Å². The summed E-state index contributed by atoms with van der Waals surface area (Å²) < 4.78 is 39.6. The van der Waals surface area contributed by atoms with Crippen molar-refractivity contribution in [3.63, 3.8) is 0 Å². The molecule has 3 heterocycles. The molecule has 0 unspecified atom stereocenters. The maximum Gasteiger partial charge on any atom is 0.417 e. The number of hydrogen-bond donors (Lipinski definition) is 1. The fraction of sp³-hybridized carbons (Fsp3) is 0.565. The zero-order chi connectivity index (χ0) is 23.6. The van der Waals surface area contributed by atoms with Crippen molar-refractivity contribution >= 4 is 11.8 Å². The fourth-order valence-electron chi connectivity index (χ4n) is 4.66. The van der Waals surface area contributed by atoms with Crippen LogP contribution in [0, 0.1) is 12.8 Å². The number of halogens is 3. The van der Waals surface area contributed by atoms with Crippen LogP contribution in [0.25, 0.3) is 5.82 Å². The Morgan fingerprint density at radius 3 is 2.33 bits per heavy atom. The molecule has 0 atom stereocenters. The van der Waals surface area contributed by atoms with Gasteiger partial charge < -0.3 is 10.2 Å². The number of nitrogens with zero attached hydrogens (tertiary/aromatic N) is 4. The van der Waals surface area contributed by atoms with E-state index in [4.69, 9.17) is 0 Å². The summed E-state index contributed by atoms with van der Waals surface area (Å²) in [5, 5.41) is 7.15. The van der Waals surface area contributed by atoms with E-state index in [1.807, 2.05) is 4.90 Å². The third-order valence-corrected chi connectivity index (χ3v) is 6.64. The summed E-state index contributed by atoms with van der Waals surface area (Å²) >= 11 is 0. The summed E-state index contributed by atoms with van der Waals surface area (Å²) in [6.45, 7) is 2.94. The van der Waals surface area contributed by atoms with Gasteiger partial charge in [0.05, 0.1) is 23.0 Å². The van der Waals surface area contributed by atoms with Crippen LogP contribution in [-0.2, 0) is 11.0 Å². The van der Waals surface area contributed by atoms with Crippen LogP contribution in [0.3, 0.4) is 0 Å². The van der Waals surface area contributed by atoms with Gasteiger partial charge in [-0.2, -0.15) is 18.3 Å². The molecule has 1 saturated carbocycles. The van der Waals surface area contributed by atoms with Crippen LogP contribution >= 0.6 is 0 Å². The third-order valence-electron chi connectivity index (χ3n) is 6.64. The molecule has 0 aromatic carbocycles. The maximum atomic E-state index is 12.8. The number of aromatic nitrogens is 3. The molecule has 178 valence electrons. The first-order valence-electron chi connectivity index (χ1n) is 11.4. The molecule has 1 saturated heterocycles. The lowest BCUT2D eigenvalue weighted by molar-refractivity contribution is -0.138. The lowest BCUT2D eigenvalue weighted by atomic mass is 9.87. The van der Waals surface area contributed by atoms with Crippen molar-refractivity contribution in [1.82, 2.24) is 25.0 Å². The molecule has 2 aromatic rings. The van der Waals surface area contributed by atoms with Gasteiger partial charge in [-0.15, -0.1) is 0 Å². The van der Waals surface area contributed by atoms with Gasteiger partial charge in [0.1, 0.15) is 0 Å². The number of carbonyl (C=O) groups is 2. The fourth-order valence-corrected chi connectivity index (χ4v) is 4.66. The van der Waals surface area contributed by atoms with Crippen LogP contribution in [0.2, 0.25) is 0 Å². The predicted molar refractivity (Wildman–Crippen MR) is 115 cm³/mol. The molecular formula is C23H28F3N5O2. The van der Waals surface area contributed by atoms with Crippen molar-refractivity contribution < 1.29 is 22.8 Å². The SMILES string of the molecule is Cc1c(C(=O)NC2CCN(C(=O)C3CCCCC3)CC2)cnn1-c1ccc(C(F)(F)F)cn1. The highest BCUT2D eigenvalue weighted by Gasteiger charge is 2.32. The van der Waals surface area contributed by atoms with Crippen LogP contribution in [0.4, 0.5) is 13.2 Å². The number of likely N-dealkylation sites (tertiary alicyclic amines) is 1. The summed E-state index contributed by atoms with van der Waals surface area (Å²) in [5.41, 5.74) is -0.00980.